The van der Waals surface area contributed by atoms with E-state index < -0.39 is 12.1 Å². The summed E-state index contributed by atoms with van der Waals surface area (Å²) in [5.74, 6) is -1.26. The molecule has 1 aromatic carbocycles. The lowest BCUT2D eigenvalue weighted by atomic mass is 10.2. The number of carboxylic acids is 1. The molecule has 0 fully saturated rings. The molecule has 0 aromatic heterocycles. The normalized spacial score (nSPS) is 12.2. The quantitative estimate of drug-likeness (QED) is 0.670. The second kappa shape index (κ2) is 9.07. The standard InChI is InChI=1S/C13H16Cl2O6/c1-19-2-3-20-6-9(16)7-21-12-10(13(17)18)4-8(14)5-11(12)15/h4-5,9,16H,2-3,6-7H2,1H3,(H,17,18). The van der Waals surface area contributed by atoms with Crippen molar-refractivity contribution >= 4 is 29.2 Å². The van der Waals surface area contributed by atoms with Crippen LogP contribution in [0.5, 0.6) is 5.75 Å². The van der Waals surface area contributed by atoms with Gasteiger partial charge in [0.1, 0.15) is 18.3 Å². The number of carbonyl (C=O) groups is 1. The fraction of sp³-hybridized carbons (Fsp3) is 0.462. The number of benzene rings is 1. The number of hydrogen-bond donors (Lipinski definition) is 2. The Morgan fingerprint density at radius 3 is 2.62 bits per heavy atom. The lowest BCUT2D eigenvalue weighted by Crippen LogP contribution is -2.25. The fourth-order valence-electron chi connectivity index (χ4n) is 1.46. The van der Waals surface area contributed by atoms with E-state index >= 15 is 0 Å². The summed E-state index contributed by atoms with van der Waals surface area (Å²) in [6.45, 7) is 0.640. The van der Waals surface area contributed by atoms with E-state index in [1.807, 2.05) is 0 Å². The van der Waals surface area contributed by atoms with Gasteiger partial charge < -0.3 is 24.4 Å². The highest BCUT2D eigenvalue weighted by Gasteiger charge is 2.18. The van der Waals surface area contributed by atoms with Crippen LogP contribution in [0.25, 0.3) is 0 Å². The number of hydrogen-bond acceptors (Lipinski definition) is 5. The molecule has 118 valence electrons. The SMILES string of the molecule is COCCOCC(O)COc1c(Cl)cc(Cl)cc1C(=O)O. The molecular formula is C13H16Cl2O6. The van der Waals surface area contributed by atoms with Crippen molar-refractivity contribution in [2.75, 3.05) is 33.5 Å². The summed E-state index contributed by atoms with van der Waals surface area (Å²) in [6.07, 6.45) is -0.921. The van der Waals surface area contributed by atoms with Crippen molar-refractivity contribution in [3.8, 4) is 5.75 Å². The Morgan fingerprint density at radius 1 is 1.29 bits per heavy atom. The third kappa shape index (κ3) is 6.07. The number of aliphatic hydroxyl groups is 1. The van der Waals surface area contributed by atoms with Gasteiger partial charge in [0.15, 0.2) is 5.75 Å². The minimum atomic E-state index is -1.22. The van der Waals surface area contributed by atoms with E-state index in [0.717, 1.165) is 0 Å². The van der Waals surface area contributed by atoms with E-state index in [0.29, 0.717) is 13.2 Å². The van der Waals surface area contributed by atoms with Gasteiger partial charge in [-0.15, -0.1) is 0 Å². The molecule has 0 amide bonds. The molecule has 0 aliphatic rings. The van der Waals surface area contributed by atoms with Crippen LogP contribution >= 0.6 is 23.2 Å². The molecule has 0 saturated heterocycles. The van der Waals surface area contributed by atoms with E-state index in [2.05, 4.69) is 0 Å². The first-order valence-corrected chi connectivity index (χ1v) is 6.81. The Balaban J connectivity index is 2.60. The van der Waals surface area contributed by atoms with Gasteiger partial charge in [0.2, 0.25) is 0 Å². The molecule has 6 nitrogen and oxygen atoms in total. The van der Waals surface area contributed by atoms with Crippen molar-refractivity contribution in [1.82, 2.24) is 0 Å². The maximum atomic E-state index is 11.1. The molecule has 21 heavy (non-hydrogen) atoms. The zero-order valence-electron chi connectivity index (χ0n) is 11.3. The monoisotopic (exact) mass is 338 g/mol. The number of aliphatic hydroxyl groups excluding tert-OH is 1. The van der Waals surface area contributed by atoms with Gasteiger partial charge in [0.25, 0.3) is 0 Å². The fourth-order valence-corrected chi connectivity index (χ4v) is 2.00. The molecule has 0 heterocycles. The molecule has 0 aliphatic carbocycles. The lowest BCUT2D eigenvalue weighted by molar-refractivity contribution is -0.00437. The van der Waals surface area contributed by atoms with Gasteiger partial charge in [0.05, 0.1) is 24.8 Å². The van der Waals surface area contributed by atoms with Gasteiger partial charge in [-0.05, 0) is 12.1 Å². The predicted molar refractivity (Wildman–Crippen MR) is 77.6 cm³/mol. The van der Waals surface area contributed by atoms with Crippen LogP contribution in [0.3, 0.4) is 0 Å². The van der Waals surface area contributed by atoms with E-state index in [1.54, 1.807) is 7.11 Å². The largest absolute Gasteiger partial charge is 0.488 e. The first-order valence-electron chi connectivity index (χ1n) is 6.05. The van der Waals surface area contributed by atoms with Crippen LogP contribution in [0.1, 0.15) is 10.4 Å². The molecule has 0 radical (unpaired) electrons. The summed E-state index contributed by atoms with van der Waals surface area (Å²) >= 11 is 11.6. The molecule has 8 heteroatoms. The average Bonchev–Trinajstić information content (AvgIpc) is 2.41. The van der Waals surface area contributed by atoms with Gasteiger partial charge in [0, 0.05) is 12.1 Å². The molecule has 0 aliphatic heterocycles. The Morgan fingerprint density at radius 2 is 2.00 bits per heavy atom. The molecule has 0 spiro atoms. The predicted octanol–water partition coefficient (Wildman–Crippen LogP) is 2.09. The summed E-state index contributed by atoms with van der Waals surface area (Å²) in [5.41, 5.74) is -0.167. The third-order valence-electron chi connectivity index (χ3n) is 2.40. The van der Waals surface area contributed by atoms with Crippen LogP contribution in [0.2, 0.25) is 10.0 Å². The van der Waals surface area contributed by atoms with E-state index in [1.165, 1.54) is 12.1 Å². The Bertz CT molecular complexity index is 480. The van der Waals surface area contributed by atoms with Crippen molar-refractivity contribution in [1.29, 1.82) is 0 Å². The van der Waals surface area contributed by atoms with Gasteiger partial charge in [-0.1, -0.05) is 23.2 Å². The summed E-state index contributed by atoms with van der Waals surface area (Å²) in [6, 6.07) is 2.60. The van der Waals surface area contributed by atoms with Crippen LogP contribution < -0.4 is 4.74 Å². The maximum Gasteiger partial charge on any atom is 0.339 e. The minimum Gasteiger partial charge on any atom is -0.488 e. The zero-order chi connectivity index (χ0) is 15.8. The van der Waals surface area contributed by atoms with Crippen molar-refractivity contribution in [3.63, 3.8) is 0 Å². The van der Waals surface area contributed by atoms with Gasteiger partial charge in [-0.25, -0.2) is 4.79 Å². The summed E-state index contributed by atoms with van der Waals surface area (Å²) in [4.78, 5) is 11.1. The van der Waals surface area contributed by atoms with E-state index in [9.17, 15) is 9.90 Å². The van der Waals surface area contributed by atoms with Crippen molar-refractivity contribution < 1.29 is 29.2 Å². The first kappa shape index (κ1) is 18.0. The van der Waals surface area contributed by atoms with E-state index in [-0.39, 0.29) is 34.6 Å². The number of ether oxygens (including phenoxy) is 3. The molecule has 1 rings (SSSR count). The minimum absolute atomic E-state index is 0.0375. The molecular weight excluding hydrogens is 323 g/mol. The van der Waals surface area contributed by atoms with Crippen molar-refractivity contribution in [2.24, 2.45) is 0 Å². The summed E-state index contributed by atoms with van der Waals surface area (Å²) in [7, 11) is 1.54. The zero-order valence-corrected chi connectivity index (χ0v) is 12.9. The van der Waals surface area contributed by atoms with Crippen LogP contribution in [0, 0.1) is 0 Å². The smallest absolute Gasteiger partial charge is 0.339 e. The summed E-state index contributed by atoms with van der Waals surface area (Å²) < 4.78 is 15.2. The van der Waals surface area contributed by atoms with Crippen LogP contribution in [-0.4, -0.2) is 55.8 Å². The molecule has 0 bridgehead atoms. The molecule has 1 aromatic rings. The van der Waals surface area contributed by atoms with Gasteiger partial charge >= 0.3 is 5.97 Å². The number of aromatic carboxylic acids is 1. The van der Waals surface area contributed by atoms with Crippen molar-refractivity contribution in [3.05, 3.63) is 27.7 Å². The topological polar surface area (TPSA) is 85.2 Å². The highest BCUT2D eigenvalue weighted by Crippen LogP contribution is 2.32. The van der Waals surface area contributed by atoms with Crippen LogP contribution in [0.15, 0.2) is 12.1 Å². The molecule has 0 saturated carbocycles. The van der Waals surface area contributed by atoms with Gasteiger partial charge in [-0.2, -0.15) is 0 Å². The highest BCUT2D eigenvalue weighted by molar-refractivity contribution is 6.36. The third-order valence-corrected chi connectivity index (χ3v) is 2.90. The molecule has 1 unspecified atom stereocenters. The molecule has 2 N–H and O–H groups in total. The Labute approximate surface area is 132 Å². The number of carboxylic acid groups (broad SMARTS) is 1. The van der Waals surface area contributed by atoms with Crippen molar-refractivity contribution in [2.45, 2.75) is 6.10 Å². The number of rotatable bonds is 9. The number of halogens is 2. The Kier molecular flexibility index (Phi) is 7.77. The van der Waals surface area contributed by atoms with Crippen LogP contribution in [0.4, 0.5) is 0 Å². The number of methoxy groups -OCH3 is 1. The average molecular weight is 339 g/mol. The first-order chi connectivity index (χ1) is 9.95. The van der Waals surface area contributed by atoms with Gasteiger partial charge in [-0.3, -0.25) is 0 Å². The summed E-state index contributed by atoms with van der Waals surface area (Å²) in [5, 5.41) is 19.0. The maximum absolute atomic E-state index is 11.1. The van der Waals surface area contributed by atoms with E-state index in [4.69, 9.17) is 42.5 Å². The Hall–Kier alpha value is -1.05. The van der Waals surface area contributed by atoms with Crippen LogP contribution in [-0.2, 0) is 9.47 Å². The molecule has 1 atom stereocenters. The second-order valence-electron chi connectivity index (χ2n) is 4.10. The highest BCUT2D eigenvalue weighted by atomic mass is 35.5. The lowest BCUT2D eigenvalue weighted by Gasteiger charge is -2.15. The second-order valence-corrected chi connectivity index (χ2v) is 4.95.